The standard InChI is InChI=1S/C11H22O2/c1-4-8-6-9(12)10(13)7-11(8,3)5-2/h8-10,12-13H,4-7H2,1-3H3. The van der Waals surface area contributed by atoms with Gasteiger partial charge in [-0.3, -0.25) is 0 Å². The molecule has 1 aliphatic rings. The molecule has 2 heteroatoms. The van der Waals surface area contributed by atoms with Crippen molar-refractivity contribution in [2.45, 2.75) is 58.7 Å². The van der Waals surface area contributed by atoms with Crippen LogP contribution < -0.4 is 0 Å². The van der Waals surface area contributed by atoms with Crippen LogP contribution in [0.1, 0.15) is 46.5 Å². The molecule has 1 rings (SSSR count). The highest BCUT2D eigenvalue weighted by atomic mass is 16.3. The van der Waals surface area contributed by atoms with Crippen LogP contribution in [0.25, 0.3) is 0 Å². The average Bonchev–Trinajstić information content (AvgIpc) is 2.11. The van der Waals surface area contributed by atoms with Gasteiger partial charge in [0.15, 0.2) is 0 Å². The highest BCUT2D eigenvalue weighted by Crippen LogP contribution is 2.45. The summed E-state index contributed by atoms with van der Waals surface area (Å²) < 4.78 is 0. The molecule has 0 aromatic carbocycles. The average molecular weight is 186 g/mol. The summed E-state index contributed by atoms with van der Waals surface area (Å²) in [6, 6.07) is 0. The van der Waals surface area contributed by atoms with E-state index in [2.05, 4.69) is 20.8 Å². The van der Waals surface area contributed by atoms with Gasteiger partial charge in [0.1, 0.15) is 0 Å². The predicted octanol–water partition coefficient (Wildman–Crippen LogP) is 1.94. The van der Waals surface area contributed by atoms with Gasteiger partial charge in [0.25, 0.3) is 0 Å². The maximum atomic E-state index is 9.61. The van der Waals surface area contributed by atoms with Crippen LogP contribution in [0.4, 0.5) is 0 Å². The summed E-state index contributed by atoms with van der Waals surface area (Å²) in [5, 5.41) is 19.2. The van der Waals surface area contributed by atoms with Crippen LogP contribution in [0.3, 0.4) is 0 Å². The number of aliphatic hydroxyl groups excluding tert-OH is 2. The quantitative estimate of drug-likeness (QED) is 0.692. The molecule has 0 heterocycles. The summed E-state index contributed by atoms with van der Waals surface area (Å²) in [5.74, 6) is 0.566. The lowest BCUT2D eigenvalue weighted by Gasteiger charge is -2.45. The molecular weight excluding hydrogens is 164 g/mol. The Labute approximate surface area is 81.0 Å². The highest BCUT2D eigenvalue weighted by Gasteiger charge is 2.41. The number of rotatable bonds is 2. The molecule has 1 fully saturated rings. The van der Waals surface area contributed by atoms with Gasteiger partial charge in [-0.25, -0.2) is 0 Å². The van der Waals surface area contributed by atoms with Crippen LogP contribution in [-0.4, -0.2) is 22.4 Å². The normalized spacial score (nSPS) is 46.4. The molecule has 0 aromatic heterocycles. The molecule has 4 unspecified atom stereocenters. The second-order valence-electron chi connectivity index (χ2n) is 4.69. The Balaban J connectivity index is 2.72. The van der Waals surface area contributed by atoms with Gasteiger partial charge in [0.05, 0.1) is 12.2 Å². The Bertz CT molecular complexity index is 169. The van der Waals surface area contributed by atoms with Gasteiger partial charge in [0, 0.05) is 0 Å². The second-order valence-corrected chi connectivity index (χ2v) is 4.69. The van der Waals surface area contributed by atoms with Crippen molar-refractivity contribution in [2.75, 3.05) is 0 Å². The lowest BCUT2D eigenvalue weighted by atomic mass is 9.63. The highest BCUT2D eigenvalue weighted by molar-refractivity contribution is 4.92. The van der Waals surface area contributed by atoms with Crippen molar-refractivity contribution >= 4 is 0 Å². The molecular formula is C11H22O2. The minimum Gasteiger partial charge on any atom is -0.390 e. The van der Waals surface area contributed by atoms with Crippen LogP contribution in [0.2, 0.25) is 0 Å². The molecule has 0 bridgehead atoms. The van der Waals surface area contributed by atoms with Crippen molar-refractivity contribution in [3.8, 4) is 0 Å². The van der Waals surface area contributed by atoms with E-state index in [4.69, 9.17) is 0 Å². The monoisotopic (exact) mass is 186 g/mol. The Morgan fingerprint density at radius 2 is 1.85 bits per heavy atom. The van der Waals surface area contributed by atoms with E-state index >= 15 is 0 Å². The fourth-order valence-corrected chi connectivity index (χ4v) is 2.61. The van der Waals surface area contributed by atoms with E-state index in [1.165, 1.54) is 0 Å². The van der Waals surface area contributed by atoms with E-state index in [1.807, 2.05) is 0 Å². The van der Waals surface area contributed by atoms with Crippen molar-refractivity contribution in [1.29, 1.82) is 0 Å². The lowest BCUT2D eigenvalue weighted by molar-refractivity contribution is -0.0810. The molecule has 2 N–H and O–H groups in total. The Hall–Kier alpha value is -0.0800. The van der Waals surface area contributed by atoms with Crippen LogP contribution in [-0.2, 0) is 0 Å². The molecule has 1 aliphatic carbocycles. The Morgan fingerprint density at radius 1 is 1.23 bits per heavy atom. The van der Waals surface area contributed by atoms with E-state index in [9.17, 15) is 10.2 Å². The molecule has 0 radical (unpaired) electrons. The minimum absolute atomic E-state index is 0.230. The zero-order valence-corrected chi connectivity index (χ0v) is 8.95. The predicted molar refractivity (Wildman–Crippen MR) is 53.4 cm³/mol. The summed E-state index contributed by atoms with van der Waals surface area (Å²) in [4.78, 5) is 0. The van der Waals surface area contributed by atoms with E-state index in [0.29, 0.717) is 5.92 Å². The van der Waals surface area contributed by atoms with Crippen LogP contribution in [0.5, 0.6) is 0 Å². The maximum Gasteiger partial charge on any atom is 0.0804 e. The van der Waals surface area contributed by atoms with Gasteiger partial charge in [-0.1, -0.05) is 33.6 Å². The number of aliphatic hydroxyl groups is 2. The van der Waals surface area contributed by atoms with Gasteiger partial charge >= 0.3 is 0 Å². The molecule has 4 atom stereocenters. The van der Waals surface area contributed by atoms with Crippen molar-refractivity contribution < 1.29 is 10.2 Å². The minimum atomic E-state index is -0.507. The zero-order valence-electron chi connectivity index (χ0n) is 8.95. The maximum absolute atomic E-state index is 9.61. The van der Waals surface area contributed by atoms with E-state index < -0.39 is 12.2 Å². The smallest absolute Gasteiger partial charge is 0.0804 e. The molecule has 1 saturated carbocycles. The molecule has 0 aliphatic heterocycles. The summed E-state index contributed by atoms with van der Waals surface area (Å²) in [5.41, 5.74) is 0.230. The van der Waals surface area contributed by atoms with Gasteiger partial charge in [-0.2, -0.15) is 0 Å². The molecule has 2 nitrogen and oxygen atoms in total. The largest absolute Gasteiger partial charge is 0.390 e. The molecule has 0 amide bonds. The molecule has 78 valence electrons. The van der Waals surface area contributed by atoms with Crippen molar-refractivity contribution in [3.05, 3.63) is 0 Å². The molecule has 0 saturated heterocycles. The third-order valence-corrected chi connectivity index (χ3v) is 3.93. The SMILES string of the molecule is CCC1CC(O)C(O)CC1(C)CC. The van der Waals surface area contributed by atoms with Crippen molar-refractivity contribution in [2.24, 2.45) is 11.3 Å². The first-order chi connectivity index (χ1) is 6.03. The van der Waals surface area contributed by atoms with Crippen molar-refractivity contribution in [3.63, 3.8) is 0 Å². The summed E-state index contributed by atoms with van der Waals surface area (Å²) in [6.07, 6.45) is 2.71. The topological polar surface area (TPSA) is 40.5 Å². The summed E-state index contributed by atoms with van der Waals surface area (Å²) >= 11 is 0. The fourth-order valence-electron chi connectivity index (χ4n) is 2.61. The third kappa shape index (κ3) is 2.05. The van der Waals surface area contributed by atoms with Gasteiger partial charge < -0.3 is 10.2 Å². The van der Waals surface area contributed by atoms with Gasteiger partial charge in [-0.15, -0.1) is 0 Å². The van der Waals surface area contributed by atoms with E-state index in [-0.39, 0.29) is 5.41 Å². The summed E-state index contributed by atoms with van der Waals surface area (Å²) in [7, 11) is 0. The first kappa shape index (κ1) is 11.0. The molecule has 0 spiro atoms. The first-order valence-corrected chi connectivity index (χ1v) is 5.39. The van der Waals surface area contributed by atoms with Gasteiger partial charge in [-0.05, 0) is 24.2 Å². The van der Waals surface area contributed by atoms with Crippen LogP contribution in [0, 0.1) is 11.3 Å². The van der Waals surface area contributed by atoms with E-state index in [1.54, 1.807) is 0 Å². The summed E-state index contributed by atoms with van der Waals surface area (Å²) in [6.45, 7) is 6.58. The Morgan fingerprint density at radius 3 is 2.31 bits per heavy atom. The number of hydrogen-bond acceptors (Lipinski definition) is 2. The first-order valence-electron chi connectivity index (χ1n) is 5.39. The number of hydrogen-bond donors (Lipinski definition) is 2. The van der Waals surface area contributed by atoms with Gasteiger partial charge in [0.2, 0.25) is 0 Å². The second kappa shape index (κ2) is 3.97. The van der Waals surface area contributed by atoms with E-state index in [0.717, 1.165) is 25.7 Å². The third-order valence-electron chi connectivity index (χ3n) is 3.93. The molecule has 13 heavy (non-hydrogen) atoms. The fraction of sp³-hybridized carbons (Fsp3) is 1.00. The Kier molecular flexibility index (Phi) is 3.36. The lowest BCUT2D eigenvalue weighted by Crippen LogP contribution is -2.44. The zero-order chi connectivity index (χ0) is 10.1. The molecule has 0 aromatic rings. The van der Waals surface area contributed by atoms with Crippen LogP contribution >= 0.6 is 0 Å². The van der Waals surface area contributed by atoms with Crippen molar-refractivity contribution in [1.82, 2.24) is 0 Å². The van der Waals surface area contributed by atoms with Crippen LogP contribution in [0.15, 0.2) is 0 Å².